The van der Waals surface area contributed by atoms with Crippen LogP contribution >= 0.6 is 0 Å². The predicted octanol–water partition coefficient (Wildman–Crippen LogP) is 3.68. The Kier molecular flexibility index (Phi) is 4.73. The Bertz CT molecular complexity index is 718. The number of aryl methyl sites for hydroxylation is 1. The summed E-state index contributed by atoms with van der Waals surface area (Å²) >= 11 is 0. The fraction of sp³-hybridized carbons (Fsp3) is 0.429. The number of hydrogen-bond acceptors (Lipinski definition) is 3. The van der Waals surface area contributed by atoms with Gasteiger partial charge in [0, 0.05) is 12.6 Å². The molecule has 1 saturated heterocycles. The van der Waals surface area contributed by atoms with Crippen molar-refractivity contribution in [2.24, 2.45) is 5.73 Å². The number of rotatable bonds is 3. The van der Waals surface area contributed by atoms with Crippen LogP contribution in [0.2, 0.25) is 0 Å². The highest BCUT2D eigenvalue weighted by Gasteiger charge is 2.36. The first-order valence-electron chi connectivity index (χ1n) is 9.20. The van der Waals surface area contributed by atoms with Gasteiger partial charge in [-0.3, -0.25) is 4.90 Å². The first-order valence-corrected chi connectivity index (χ1v) is 9.20. The van der Waals surface area contributed by atoms with Gasteiger partial charge in [-0.2, -0.15) is 0 Å². The number of likely N-dealkylation sites (tertiary alicyclic amines) is 1. The SMILES string of the molecule is N[C@H]1CCCN([C@H]2CCc3ccccc3[C@@H]2Oc2ccc(F)cc2)C1. The number of ether oxygens (including phenoxy) is 1. The van der Waals surface area contributed by atoms with Crippen molar-refractivity contribution in [2.45, 2.75) is 43.9 Å². The zero-order valence-electron chi connectivity index (χ0n) is 14.4. The second kappa shape index (κ2) is 7.14. The third-order valence-corrected chi connectivity index (χ3v) is 5.46. The van der Waals surface area contributed by atoms with Crippen LogP contribution < -0.4 is 10.5 Å². The first-order chi connectivity index (χ1) is 12.2. The number of benzene rings is 2. The molecule has 3 atom stereocenters. The molecule has 4 rings (SSSR count). The quantitative estimate of drug-likeness (QED) is 0.926. The highest BCUT2D eigenvalue weighted by Crippen LogP contribution is 2.37. The highest BCUT2D eigenvalue weighted by molar-refractivity contribution is 5.35. The standard InChI is InChI=1S/C21H25FN2O/c22-16-8-10-18(11-9-16)25-21-19-6-2-1-4-15(19)7-12-20(21)24-13-3-5-17(23)14-24/h1-2,4,6,8-11,17,20-21H,3,5,7,12-14,23H2/t17-,20-,21-/m0/s1. The summed E-state index contributed by atoms with van der Waals surface area (Å²) in [5.41, 5.74) is 8.82. The summed E-state index contributed by atoms with van der Waals surface area (Å²) in [7, 11) is 0. The van der Waals surface area contributed by atoms with Gasteiger partial charge >= 0.3 is 0 Å². The highest BCUT2D eigenvalue weighted by atomic mass is 19.1. The maximum atomic E-state index is 13.2. The van der Waals surface area contributed by atoms with Gasteiger partial charge < -0.3 is 10.5 Å². The molecule has 2 N–H and O–H groups in total. The van der Waals surface area contributed by atoms with Crippen LogP contribution in [0.3, 0.4) is 0 Å². The molecular weight excluding hydrogens is 315 g/mol. The molecule has 132 valence electrons. The third-order valence-electron chi connectivity index (χ3n) is 5.46. The van der Waals surface area contributed by atoms with Crippen molar-refractivity contribution in [2.75, 3.05) is 13.1 Å². The van der Waals surface area contributed by atoms with E-state index in [-0.39, 0.29) is 18.0 Å². The second-order valence-electron chi connectivity index (χ2n) is 7.19. The molecule has 1 fully saturated rings. The van der Waals surface area contributed by atoms with Crippen molar-refractivity contribution in [3.8, 4) is 5.75 Å². The van der Waals surface area contributed by atoms with Crippen LogP contribution in [0.1, 0.15) is 36.5 Å². The lowest BCUT2D eigenvalue weighted by atomic mass is 9.84. The van der Waals surface area contributed by atoms with Gasteiger partial charge in [-0.05, 0) is 67.6 Å². The van der Waals surface area contributed by atoms with E-state index in [1.165, 1.54) is 23.3 Å². The summed E-state index contributed by atoms with van der Waals surface area (Å²) in [6.45, 7) is 2.00. The molecule has 2 aromatic carbocycles. The van der Waals surface area contributed by atoms with Crippen LogP contribution in [0.15, 0.2) is 48.5 Å². The molecule has 2 aliphatic rings. The summed E-state index contributed by atoms with van der Waals surface area (Å²) < 4.78 is 19.6. The van der Waals surface area contributed by atoms with E-state index in [4.69, 9.17) is 10.5 Å². The molecule has 1 heterocycles. The Morgan fingerprint density at radius 3 is 2.64 bits per heavy atom. The molecule has 0 radical (unpaired) electrons. The Morgan fingerprint density at radius 2 is 1.84 bits per heavy atom. The summed E-state index contributed by atoms with van der Waals surface area (Å²) in [6.07, 6.45) is 4.33. The normalized spacial score (nSPS) is 26.9. The van der Waals surface area contributed by atoms with E-state index in [9.17, 15) is 4.39 Å². The molecular formula is C21H25FN2O. The van der Waals surface area contributed by atoms with Crippen LogP contribution in [0, 0.1) is 5.82 Å². The fourth-order valence-corrected chi connectivity index (χ4v) is 4.22. The molecule has 4 heteroatoms. The monoisotopic (exact) mass is 340 g/mol. The van der Waals surface area contributed by atoms with Gasteiger partial charge in [0.1, 0.15) is 17.7 Å². The molecule has 0 amide bonds. The third kappa shape index (κ3) is 3.55. The minimum absolute atomic E-state index is 0.0410. The maximum absolute atomic E-state index is 13.2. The molecule has 1 aliphatic heterocycles. The molecule has 0 spiro atoms. The number of fused-ring (bicyclic) bond motifs is 1. The second-order valence-corrected chi connectivity index (χ2v) is 7.19. The van der Waals surface area contributed by atoms with Gasteiger partial charge in [-0.25, -0.2) is 4.39 Å². The van der Waals surface area contributed by atoms with Crippen LogP contribution in [0.25, 0.3) is 0 Å². The first kappa shape index (κ1) is 16.6. The molecule has 0 aromatic heterocycles. The van der Waals surface area contributed by atoms with E-state index in [2.05, 4.69) is 29.2 Å². The average molecular weight is 340 g/mol. The van der Waals surface area contributed by atoms with Crippen LogP contribution in [-0.4, -0.2) is 30.1 Å². The van der Waals surface area contributed by atoms with E-state index in [1.54, 1.807) is 12.1 Å². The number of halogens is 1. The largest absolute Gasteiger partial charge is 0.484 e. The number of piperidine rings is 1. The van der Waals surface area contributed by atoms with E-state index in [1.807, 2.05) is 0 Å². The molecule has 3 nitrogen and oxygen atoms in total. The average Bonchev–Trinajstić information content (AvgIpc) is 2.64. The lowest BCUT2D eigenvalue weighted by Gasteiger charge is -2.43. The van der Waals surface area contributed by atoms with E-state index in [0.29, 0.717) is 6.04 Å². The summed E-state index contributed by atoms with van der Waals surface area (Å²) in [5, 5.41) is 0. The molecule has 0 bridgehead atoms. The maximum Gasteiger partial charge on any atom is 0.139 e. The molecule has 0 saturated carbocycles. The molecule has 25 heavy (non-hydrogen) atoms. The van der Waals surface area contributed by atoms with Gasteiger partial charge in [-0.15, -0.1) is 0 Å². The number of nitrogens with zero attached hydrogens (tertiary/aromatic N) is 1. The summed E-state index contributed by atoms with van der Waals surface area (Å²) in [4.78, 5) is 2.50. The minimum atomic E-state index is -0.241. The van der Waals surface area contributed by atoms with Gasteiger partial charge in [0.2, 0.25) is 0 Å². The zero-order valence-corrected chi connectivity index (χ0v) is 14.4. The summed E-state index contributed by atoms with van der Waals surface area (Å²) in [6, 6.07) is 15.4. The van der Waals surface area contributed by atoms with Crippen molar-refractivity contribution in [3.63, 3.8) is 0 Å². The molecule has 0 unspecified atom stereocenters. The van der Waals surface area contributed by atoms with E-state index in [0.717, 1.165) is 44.5 Å². The molecule has 2 aromatic rings. The Balaban J connectivity index is 1.64. The smallest absolute Gasteiger partial charge is 0.139 e. The number of hydrogen-bond donors (Lipinski definition) is 1. The topological polar surface area (TPSA) is 38.5 Å². The van der Waals surface area contributed by atoms with Crippen molar-refractivity contribution in [3.05, 3.63) is 65.5 Å². The van der Waals surface area contributed by atoms with Crippen molar-refractivity contribution in [1.29, 1.82) is 0 Å². The Morgan fingerprint density at radius 1 is 1.04 bits per heavy atom. The van der Waals surface area contributed by atoms with Crippen LogP contribution in [0.4, 0.5) is 4.39 Å². The fourth-order valence-electron chi connectivity index (χ4n) is 4.22. The van der Waals surface area contributed by atoms with E-state index >= 15 is 0 Å². The van der Waals surface area contributed by atoms with Gasteiger partial charge in [0.25, 0.3) is 0 Å². The molecule has 1 aliphatic carbocycles. The van der Waals surface area contributed by atoms with Crippen molar-refractivity contribution in [1.82, 2.24) is 4.90 Å². The lowest BCUT2D eigenvalue weighted by Crippen LogP contribution is -2.51. The number of nitrogens with two attached hydrogens (primary N) is 1. The lowest BCUT2D eigenvalue weighted by molar-refractivity contribution is 0.0367. The van der Waals surface area contributed by atoms with Gasteiger partial charge in [0.15, 0.2) is 0 Å². The van der Waals surface area contributed by atoms with Gasteiger partial charge in [0.05, 0.1) is 6.04 Å². The van der Waals surface area contributed by atoms with Crippen LogP contribution in [0.5, 0.6) is 5.75 Å². The van der Waals surface area contributed by atoms with Crippen molar-refractivity contribution >= 4 is 0 Å². The van der Waals surface area contributed by atoms with Crippen molar-refractivity contribution < 1.29 is 9.13 Å². The van der Waals surface area contributed by atoms with E-state index < -0.39 is 0 Å². The van der Waals surface area contributed by atoms with Gasteiger partial charge in [-0.1, -0.05) is 24.3 Å². The Hall–Kier alpha value is -1.91. The van der Waals surface area contributed by atoms with Crippen LogP contribution in [-0.2, 0) is 6.42 Å². The minimum Gasteiger partial charge on any atom is -0.484 e. The Labute approximate surface area is 148 Å². The summed E-state index contributed by atoms with van der Waals surface area (Å²) in [5.74, 6) is 0.476. The zero-order chi connectivity index (χ0) is 17.2. The predicted molar refractivity (Wildman–Crippen MR) is 97.1 cm³/mol.